The second-order valence-electron chi connectivity index (χ2n) is 8.58. The van der Waals surface area contributed by atoms with E-state index in [1.165, 1.54) is 5.56 Å². The highest BCUT2D eigenvalue weighted by Gasteiger charge is 2.16. The van der Waals surface area contributed by atoms with E-state index in [4.69, 9.17) is 4.74 Å². The molecule has 0 spiro atoms. The maximum absolute atomic E-state index is 12.4. The van der Waals surface area contributed by atoms with Crippen molar-refractivity contribution in [2.45, 2.75) is 59.8 Å². The van der Waals surface area contributed by atoms with Crippen LogP contribution in [0.2, 0.25) is 0 Å². The second kappa shape index (κ2) is 10.8. The summed E-state index contributed by atoms with van der Waals surface area (Å²) < 4.78 is 5.70. The zero-order valence-electron chi connectivity index (χ0n) is 18.9. The summed E-state index contributed by atoms with van der Waals surface area (Å²) in [6.07, 6.45) is 1.01. The van der Waals surface area contributed by atoms with Crippen LogP contribution in [-0.2, 0) is 16.0 Å². The Kier molecular flexibility index (Phi) is 8.46. The SMILES string of the molecule is Cc1ccc(C(C)C)c(OCC(=O)NNC(=O)C(C)c2ccc(CC(C)C)cc2)c1. The summed E-state index contributed by atoms with van der Waals surface area (Å²) in [7, 11) is 0. The summed E-state index contributed by atoms with van der Waals surface area (Å²) in [5.41, 5.74) is 9.21. The third kappa shape index (κ3) is 6.90. The third-order valence-corrected chi connectivity index (χ3v) is 4.99. The first-order valence-corrected chi connectivity index (χ1v) is 10.6. The fourth-order valence-corrected chi connectivity index (χ4v) is 3.23. The van der Waals surface area contributed by atoms with Gasteiger partial charge in [-0.2, -0.15) is 0 Å². The van der Waals surface area contributed by atoms with Crippen molar-refractivity contribution in [3.8, 4) is 5.75 Å². The molecule has 2 aromatic carbocycles. The molecule has 5 nitrogen and oxygen atoms in total. The number of hydrazine groups is 1. The number of rotatable bonds is 8. The highest BCUT2D eigenvalue weighted by atomic mass is 16.5. The first-order valence-electron chi connectivity index (χ1n) is 10.6. The summed E-state index contributed by atoms with van der Waals surface area (Å²) in [5, 5.41) is 0. The standard InChI is InChI=1S/C25H34N2O3/c1-16(2)13-20-8-10-21(11-9-20)19(6)25(29)27-26-24(28)15-30-23-14-18(5)7-12-22(23)17(3)4/h7-12,14,16-17,19H,13,15H2,1-6H3,(H,26,28)(H,27,29). The van der Waals surface area contributed by atoms with Crippen molar-refractivity contribution in [3.63, 3.8) is 0 Å². The lowest BCUT2D eigenvalue weighted by atomic mass is 9.96. The van der Waals surface area contributed by atoms with E-state index in [0.717, 1.165) is 23.1 Å². The summed E-state index contributed by atoms with van der Waals surface area (Å²) in [6.45, 7) is 12.1. The summed E-state index contributed by atoms with van der Waals surface area (Å²) in [5.74, 6) is 0.531. The van der Waals surface area contributed by atoms with Crippen molar-refractivity contribution >= 4 is 11.8 Å². The van der Waals surface area contributed by atoms with E-state index >= 15 is 0 Å². The molecule has 1 unspecified atom stereocenters. The van der Waals surface area contributed by atoms with E-state index in [1.807, 2.05) is 44.2 Å². The van der Waals surface area contributed by atoms with E-state index in [-0.39, 0.29) is 24.3 Å². The summed E-state index contributed by atoms with van der Waals surface area (Å²) >= 11 is 0. The third-order valence-electron chi connectivity index (χ3n) is 4.99. The maximum atomic E-state index is 12.4. The van der Waals surface area contributed by atoms with Crippen LogP contribution in [0.4, 0.5) is 0 Å². The average molecular weight is 411 g/mol. The number of nitrogens with one attached hydrogen (secondary N) is 2. The minimum atomic E-state index is -0.404. The number of aryl methyl sites for hydroxylation is 1. The van der Waals surface area contributed by atoms with Crippen molar-refractivity contribution in [1.82, 2.24) is 10.9 Å². The van der Waals surface area contributed by atoms with Crippen molar-refractivity contribution in [2.24, 2.45) is 5.92 Å². The molecule has 1 atom stereocenters. The van der Waals surface area contributed by atoms with Crippen LogP contribution in [0.3, 0.4) is 0 Å². The number of hydrogen-bond acceptors (Lipinski definition) is 3. The van der Waals surface area contributed by atoms with E-state index in [1.54, 1.807) is 0 Å². The molecule has 0 radical (unpaired) electrons. The quantitative estimate of drug-likeness (QED) is 0.623. The minimum absolute atomic E-state index is 0.165. The Bertz CT molecular complexity index is 857. The fourth-order valence-electron chi connectivity index (χ4n) is 3.23. The van der Waals surface area contributed by atoms with Crippen molar-refractivity contribution in [2.75, 3.05) is 6.61 Å². The number of carbonyl (C=O) groups is 2. The van der Waals surface area contributed by atoms with E-state index < -0.39 is 5.91 Å². The number of amides is 2. The van der Waals surface area contributed by atoms with E-state index in [9.17, 15) is 9.59 Å². The van der Waals surface area contributed by atoms with Gasteiger partial charge in [-0.25, -0.2) is 0 Å². The zero-order valence-corrected chi connectivity index (χ0v) is 18.9. The second-order valence-corrected chi connectivity index (χ2v) is 8.58. The van der Waals surface area contributed by atoms with Gasteiger partial charge >= 0.3 is 0 Å². The molecule has 0 heterocycles. The Morgan fingerprint density at radius 1 is 0.933 bits per heavy atom. The normalized spacial score (nSPS) is 12.0. The Hall–Kier alpha value is -2.82. The van der Waals surface area contributed by atoms with Crippen LogP contribution >= 0.6 is 0 Å². The van der Waals surface area contributed by atoms with Crippen LogP contribution in [-0.4, -0.2) is 18.4 Å². The molecule has 0 aliphatic carbocycles. The van der Waals surface area contributed by atoms with Crippen molar-refractivity contribution in [3.05, 3.63) is 64.7 Å². The predicted octanol–water partition coefficient (Wildman–Crippen LogP) is 4.65. The van der Waals surface area contributed by atoms with Crippen LogP contribution in [0.5, 0.6) is 5.75 Å². The van der Waals surface area contributed by atoms with E-state index in [0.29, 0.717) is 11.7 Å². The first kappa shape index (κ1) is 23.5. The molecule has 0 fully saturated rings. The number of benzene rings is 2. The number of carbonyl (C=O) groups excluding carboxylic acids is 2. The Morgan fingerprint density at radius 2 is 1.60 bits per heavy atom. The predicted molar refractivity (Wildman–Crippen MR) is 120 cm³/mol. The minimum Gasteiger partial charge on any atom is -0.483 e. The average Bonchev–Trinajstić information content (AvgIpc) is 2.69. The lowest BCUT2D eigenvalue weighted by molar-refractivity contribution is -0.130. The highest BCUT2D eigenvalue weighted by Crippen LogP contribution is 2.27. The van der Waals surface area contributed by atoms with Crippen molar-refractivity contribution in [1.29, 1.82) is 0 Å². The van der Waals surface area contributed by atoms with Gasteiger partial charge < -0.3 is 4.74 Å². The molecular weight excluding hydrogens is 376 g/mol. The van der Waals surface area contributed by atoms with Gasteiger partial charge in [0, 0.05) is 0 Å². The van der Waals surface area contributed by atoms with Gasteiger partial charge in [0.25, 0.3) is 5.91 Å². The van der Waals surface area contributed by atoms with Gasteiger partial charge in [-0.3, -0.25) is 20.4 Å². The van der Waals surface area contributed by atoms with Gasteiger partial charge in [-0.05, 0) is 60.4 Å². The molecule has 0 saturated carbocycles. The molecule has 2 aromatic rings. The molecule has 2 amide bonds. The van der Waals surface area contributed by atoms with Crippen LogP contribution in [0.1, 0.15) is 68.7 Å². The Labute approximate surface area is 180 Å². The van der Waals surface area contributed by atoms with Crippen LogP contribution in [0, 0.1) is 12.8 Å². The molecule has 0 bridgehead atoms. The molecule has 2 rings (SSSR count). The van der Waals surface area contributed by atoms with Crippen LogP contribution < -0.4 is 15.6 Å². The summed E-state index contributed by atoms with van der Waals surface area (Å²) in [6, 6.07) is 14.0. The van der Waals surface area contributed by atoms with Gasteiger partial charge in [0.05, 0.1) is 5.92 Å². The lowest BCUT2D eigenvalue weighted by Gasteiger charge is -2.16. The molecule has 162 valence electrons. The number of ether oxygens (including phenoxy) is 1. The smallest absolute Gasteiger partial charge is 0.276 e. The molecule has 5 heteroatoms. The maximum Gasteiger partial charge on any atom is 0.276 e. The molecule has 2 N–H and O–H groups in total. The van der Waals surface area contributed by atoms with E-state index in [2.05, 4.69) is 50.7 Å². The van der Waals surface area contributed by atoms with Gasteiger partial charge in [-0.15, -0.1) is 0 Å². The monoisotopic (exact) mass is 410 g/mol. The van der Waals surface area contributed by atoms with Gasteiger partial charge in [0.1, 0.15) is 5.75 Å². The van der Waals surface area contributed by atoms with Crippen molar-refractivity contribution < 1.29 is 14.3 Å². The molecule has 0 aromatic heterocycles. The summed E-state index contributed by atoms with van der Waals surface area (Å²) in [4.78, 5) is 24.5. The van der Waals surface area contributed by atoms with Gasteiger partial charge in [-0.1, -0.05) is 64.1 Å². The van der Waals surface area contributed by atoms with Crippen LogP contribution in [0.15, 0.2) is 42.5 Å². The Balaban J connectivity index is 1.86. The molecule has 0 saturated heterocycles. The number of hydrogen-bond donors (Lipinski definition) is 2. The topological polar surface area (TPSA) is 67.4 Å². The van der Waals surface area contributed by atoms with Gasteiger partial charge in [0.2, 0.25) is 5.91 Å². The van der Waals surface area contributed by atoms with Crippen LogP contribution in [0.25, 0.3) is 0 Å². The Morgan fingerprint density at radius 3 is 2.20 bits per heavy atom. The van der Waals surface area contributed by atoms with Gasteiger partial charge in [0.15, 0.2) is 6.61 Å². The first-order chi connectivity index (χ1) is 14.2. The molecule has 0 aliphatic heterocycles. The highest BCUT2D eigenvalue weighted by molar-refractivity contribution is 5.86. The lowest BCUT2D eigenvalue weighted by Crippen LogP contribution is -2.45. The fraction of sp³-hybridized carbons (Fsp3) is 0.440. The largest absolute Gasteiger partial charge is 0.483 e. The molecular formula is C25H34N2O3. The molecule has 30 heavy (non-hydrogen) atoms. The zero-order chi connectivity index (χ0) is 22.3. The molecule has 0 aliphatic rings.